The van der Waals surface area contributed by atoms with Gasteiger partial charge in [0, 0.05) is 43.2 Å². The van der Waals surface area contributed by atoms with Crippen molar-refractivity contribution in [1.82, 2.24) is 14.5 Å². The summed E-state index contributed by atoms with van der Waals surface area (Å²) in [5.74, 6) is 0.304. The van der Waals surface area contributed by atoms with Crippen LogP contribution in [0.2, 0.25) is 0 Å². The van der Waals surface area contributed by atoms with Gasteiger partial charge in [-0.1, -0.05) is 19.9 Å². The summed E-state index contributed by atoms with van der Waals surface area (Å²) < 4.78 is 2.03. The van der Waals surface area contributed by atoms with Crippen LogP contribution in [0.25, 0.3) is 11.0 Å². The molecule has 1 N–H and O–H groups in total. The van der Waals surface area contributed by atoms with Crippen LogP contribution in [0.1, 0.15) is 59.7 Å². The minimum atomic E-state index is -0.269. The number of pyridine rings is 1. The molecule has 4 rings (SSSR count). The number of hydrogen-bond acceptors (Lipinski definition) is 4. The first-order valence-electron chi connectivity index (χ1n) is 11.3. The van der Waals surface area contributed by atoms with Crippen molar-refractivity contribution in [3.63, 3.8) is 0 Å². The van der Waals surface area contributed by atoms with E-state index in [1.165, 1.54) is 5.56 Å². The number of benzene rings is 1. The molecule has 0 spiro atoms. The molecule has 0 atom stereocenters. The van der Waals surface area contributed by atoms with E-state index < -0.39 is 0 Å². The number of aryl methyl sites for hydroxylation is 2. The van der Waals surface area contributed by atoms with Gasteiger partial charge < -0.3 is 14.8 Å². The predicted octanol–water partition coefficient (Wildman–Crippen LogP) is 4.37. The molecule has 33 heavy (non-hydrogen) atoms. The third-order valence-electron chi connectivity index (χ3n) is 6.52. The fourth-order valence-electron chi connectivity index (χ4n) is 4.67. The topological polar surface area (TPSA) is 91.0 Å². The second-order valence-corrected chi connectivity index (χ2v) is 9.09. The Morgan fingerprint density at radius 2 is 1.97 bits per heavy atom. The quantitative estimate of drug-likeness (QED) is 0.648. The molecule has 1 aliphatic rings. The predicted molar refractivity (Wildman–Crippen MR) is 128 cm³/mol. The first-order valence-corrected chi connectivity index (χ1v) is 11.3. The molecule has 1 aromatic carbocycles. The van der Waals surface area contributed by atoms with Crippen molar-refractivity contribution in [3.05, 3.63) is 58.9 Å². The molecule has 0 radical (unpaired) electrons. The summed E-state index contributed by atoms with van der Waals surface area (Å²) in [7, 11) is 1.99. The Morgan fingerprint density at radius 1 is 1.24 bits per heavy atom. The highest BCUT2D eigenvalue weighted by Crippen LogP contribution is 2.37. The third kappa shape index (κ3) is 4.34. The minimum absolute atomic E-state index is 0.0190. The molecular formula is C26H29N5O2. The van der Waals surface area contributed by atoms with Gasteiger partial charge >= 0.3 is 0 Å². The lowest BCUT2D eigenvalue weighted by atomic mass is 9.88. The summed E-state index contributed by atoms with van der Waals surface area (Å²) in [5, 5.41) is 13.1. The van der Waals surface area contributed by atoms with Crippen molar-refractivity contribution >= 4 is 28.5 Å². The normalized spacial score (nSPS) is 14.5. The number of carbonyl (C=O) groups is 2. The van der Waals surface area contributed by atoms with Crippen molar-refractivity contribution in [1.29, 1.82) is 5.26 Å². The number of nitrogens with zero attached hydrogens (tertiary/aromatic N) is 4. The van der Waals surface area contributed by atoms with Crippen LogP contribution in [0, 0.1) is 24.2 Å². The number of amides is 2. The van der Waals surface area contributed by atoms with Crippen molar-refractivity contribution in [2.24, 2.45) is 13.0 Å². The standard InChI is InChI=1S/C26H29N5O2/c1-16(2)26(33)31-10-8-19(9-11-31)21-15-30(4)24-23(21)17(3)22(14-28-24)29-25(32)20-7-5-6-18(12-20)13-27/h5-7,12,14-16,19H,8-11H2,1-4H3,(H,29,32). The fourth-order valence-corrected chi connectivity index (χ4v) is 4.67. The van der Waals surface area contributed by atoms with Crippen LogP contribution in [0.5, 0.6) is 0 Å². The highest BCUT2D eigenvalue weighted by Gasteiger charge is 2.28. The number of aromatic nitrogens is 2. The molecule has 1 saturated heterocycles. The van der Waals surface area contributed by atoms with E-state index in [-0.39, 0.29) is 17.7 Å². The van der Waals surface area contributed by atoms with Gasteiger partial charge in [0.15, 0.2) is 0 Å². The first kappa shape index (κ1) is 22.5. The third-order valence-corrected chi connectivity index (χ3v) is 6.52. The monoisotopic (exact) mass is 443 g/mol. The molecule has 0 saturated carbocycles. The molecule has 0 unspecified atom stereocenters. The first-order chi connectivity index (χ1) is 15.8. The highest BCUT2D eigenvalue weighted by atomic mass is 16.2. The van der Waals surface area contributed by atoms with Crippen LogP contribution >= 0.6 is 0 Å². The number of hydrogen-bond donors (Lipinski definition) is 1. The maximum absolute atomic E-state index is 12.8. The van der Waals surface area contributed by atoms with Gasteiger partial charge in [0.25, 0.3) is 5.91 Å². The number of fused-ring (bicyclic) bond motifs is 1. The lowest BCUT2D eigenvalue weighted by Crippen LogP contribution is -2.40. The molecule has 2 aromatic heterocycles. The summed E-state index contributed by atoms with van der Waals surface area (Å²) in [6.07, 6.45) is 5.65. The van der Waals surface area contributed by atoms with E-state index in [2.05, 4.69) is 22.6 Å². The van der Waals surface area contributed by atoms with Crippen LogP contribution in [-0.2, 0) is 11.8 Å². The van der Waals surface area contributed by atoms with Crippen molar-refractivity contribution in [2.75, 3.05) is 18.4 Å². The molecule has 1 fully saturated rings. The lowest BCUT2D eigenvalue weighted by molar-refractivity contribution is -0.135. The molecule has 1 aliphatic heterocycles. The Kier molecular flexibility index (Phi) is 6.19. The fraction of sp³-hybridized carbons (Fsp3) is 0.385. The van der Waals surface area contributed by atoms with Gasteiger partial charge in [0.1, 0.15) is 5.65 Å². The zero-order valence-electron chi connectivity index (χ0n) is 19.6. The number of likely N-dealkylation sites (tertiary alicyclic amines) is 1. The van der Waals surface area contributed by atoms with Crippen LogP contribution < -0.4 is 5.32 Å². The zero-order chi connectivity index (χ0) is 23.7. The molecule has 0 aliphatic carbocycles. The highest BCUT2D eigenvalue weighted by molar-refractivity contribution is 6.06. The van der Waals surface area contributed by atoms with Gasteiger partial charge in [0.05, 0.1) is 23.5 Å². The summed E-state index contributed by atoms with van der Waals surface area (Å²) >= 11 is 0. The Bertz CT molecular complexity index is 1260. The van der Waals surface area contributed by atoms with Gasteiger partial charge in [-0.25, -0.2) is 4.98 Å². The Hall–Kier alpha value is -3.66. The average Bonchev–Trinajstić information content (AvgIpc) is 3.17. The van der Waals surface area contributed by atoms with Gasteiger partial charge in [-0.2, -0.15) is 5.26 Å². The van der Waals surface area contributed by atoms with Crippen LogP contribution in [0.4, 0.5) is 5.69 Å². The lowest BCUT2D eigenvalue weighted by Gasteiger charge is -2.33. The smallest absolute Gasteiger partial charge is 0.255 e. The maximum atomic E-state index is 12.8. The zero-order valence-corrected chi connectivity index (χ0v) is 19.6. The Labute approximate surface area is 194 Å². The summed E-state index contributed by atoms with van der Waals surface area (Å²) in [6.45, 7) is 7.42. The molecular weight excluding hydrogens is 414 g/mol. The molecule has 3 aromatic rings. The van der Waals surface area contributed by atoms with E-state index in [4.69, 9.17) is 5.26 Å². The molecule has 3 heterocycles. The van der Waals surface area contributed by atoms with E-state index in [0.717, 1.165) is 42.5 Å². The van der Waals surface area contributed by atoms with Gasteiger partial charge in [-0.05, 0) is 55.0 Å². The molecule has 0 bridgehead atoms. The van der Waals surface area contributed by atoms with Crippen molar-refractivity contribution in [3.8, 4) is 6.07 Å². The van der Waals surface area contributed by atoms with E-state index in [9.17, 15) is 9.59 Å². The minimum Gasteiger partial charge on any atom is -0.342 e. The van der Waals surface area contributed by atoms with E-state index >= 15 is 0 Å². The van der Waals surface area contributed by atoms with Crippen molar-refractivity contribution in [2.45, 2.75) is 39.5 Å². The molecule has 7 heteroatoms. The largest absolute Gasteiger partial charge is 0.342 e. The van der Waals surface area contributed by atoms with Crippen LogP contribution in [-0.4, -0.2) is 39.4 Å². The number of carbonyl (C=O) groups excluding carboxylic acids is 2. The molecule has 2 amide bonds. The van der Waals surface area contributed by atoms with E-state index in [0.29, 0.717) is 22.7 Å². The summed E-state index contributed by atoms with van der Waals surface area (Å²) in [5.41, 5.74) is 4.62. The van der Waals surface area contributed by atoms with Gasteiger partial charge in [-0.3, -0.25) is 9.59 Å². The summed E-state index contributed by atoms with van der Waals surface area (Å²) in [4.78, 5) is 31.8. The van der Waals surface area contributed by atoms with Crippen LogP contribution in [0.3, 0.4) is 0 Å². The van der Waals surface area contributed by atoms with Gasteiger partial charge in [-0.15, -0.1) is 0 Å². The number of anilines is 1. The maximum Gasteiger partial charge on any atom is 0.255 e. The van der Waals surface area contributed by atoms with Crippen molar-refractivity contribution < 1.29 is 9.59 Å². The molecule has 7 nitrogen and oxygen atoms in total. The van der Waals surface area contributed by atoms with E-state index in [1.807, 2.05) is 37.3 Å². The number of nitriles is 1. The summed E-state index contributed by atoms with van der Waals surface area (Å²) in [6, 6.07) is 8.71. The Balaban J connectivity index is 1.61. The second kappa shape index (κ2) is 9.07. The number of rotatable bonds is 4. The van der Waals surface area contributed by atoms with Crippen LogP contribution in [0.15, 0.2) is 36.7 Å². The van der Waals surface area contributed by atoms with Gasteiger partial charge in [0.2, 0.25) is 5.91 Å². The SMILES string of the molecule is Cc1c(NC(=O)c2cccc(C#N)c2)cnc2c1c(C1CCN(C(=O)C(C)C)CC1)cn2C. The number of nitrogens with one attached hydrogen (secondary N) is 1. The average molecular weight is 444 g/mol. The second-order valence-electron chi connectivity index (χ2n) is 9.09. The number of piperidine rings is 1. The molecule has 170 valence electrons. The Morgan fingerprint density at radius 3 is 2.64 bits per heavy atom. The van der Waals surface area contributed by atoms with E-state index in [1.54, 1.807) is 30.5 Å².